The van der Waals surface area contributed by atoms with E-state index >= 15 is 0 Å². The van der Waals surface area contributed by atoms with E-state index in [0.29, 0.717) is 11.3 Å². The van der Waals surface area contributed by atoms with Crippen molar-refractivity contribution >= 4 is 0 Å². The molecule has 1 aromatic heterocycles. The van der Waals surface area contributed by atoms with Gasteiger partial charge in [-0.3, -0.25) is 0 Å². The first-order chi connectivity index (χ1) is 7.06. The molecule has 1 aromatic rings. The zero-order valence-electron chi connectivity index (χ0n) is 9.77. The maximum Gasteiger partial charge on any atom is 0.0757 e. The lowest BCUT2D eigenvalue weighted by Gasteiger charge is -2.14. The van der Waals surface area contributed by atoms with Crippen molar-refractivity contribution in [3.8, 4) is 0 Å². The van der Waals surface area contributed by atoms with Crippen LogP contribution >= 0.6 is 0 Å². The molecule has 2 atom stereocenters. The molecule has 2 unspecified atom stereocenters. The Morgan fingerprint density at radius 2 is 2.33 bits per heavy atom. The van der Waals surface area contributed by atoms with Gasteiger partial charge in [-0.1, -0.05) is 26.0 Å². The van der Waals surface area contributed by atoms with Crippen LogP contribution in [0.2, 0.25) is 0 Å². The van der Waals surface area contributed by atoms with E-state index < -0.39 is 0 Å². The minimum Gasteiger partial charge on any atom is -0.322 e. The van der Waals surface area contributed by atoms with Gasteiger partial charge in [0.25, 0.3) is 0 Å². The monoisotopic (exact) mass is 208 g/mol. The minimum atomic E-state index is 0.0987. The molecule has 0 spiro atoms. The Kier molecular flexibility index (Phi) is 2.54. The lowest BCUT2D eigenvalue weighted by atomic mass is 10.0. The molecule has 1 aliphatic carbocycles. The van der Waals surface area contributed by atoms with Gasteiger partial charge in [0.05, 0.1) is 17.9 Å². The summed E-state index contributed by atoms with van der Waals surface area (Å²) in [5, 5.41) is 8.02. The van der Waals surface area contributed by atoms with E-state index in [1.165, 1.54) is 6.42 Å². The van der Waals surface area contributed by atoms with Gasteiger partial charge in [0.1, 0.15) is 0 Å². The quantitative estimate of drug-likeness (QED) is 0.820. The normalized spacial score (nSPS) is 25.2. The minimum absolute atomic E-state index is 0.0987. The third kappa shape index (κ3) is 1.91. The molecule has 0 aromatic carbocycles. The van der Waals surface area contributed by atoms with Crippen molar-refractivity contribution < 1.29 is 0 Å². The molecule has 4 nitrogen and oxygen atoms in total. The average Bonchev–Trinajstić information content (AvgIpc) is 2.63. The summed E-state index contributed by atoms with van der Waals surface area (Å²) in [5.41, 5.74) is 7.74. The van der Waals surface area contributed by atoms with E-state index in [-0.39, 0.29) is 6.04 Å². The summed E-state index contributed by atoms with van der Waals surface area (Å²) in [7, 11) is 0. The van der Waals surface area contributed by atoms with Gasteiger partial charge >= 0.3 is 0 Å². The van der Waals surface area contributed by atoms with Crippen LogP contribution < -0.4 is 5.73 Å². The van der Waals surface area contributed by atoms with Crippen LogP contribution in [0.1, 0.15) is 45.3 Å². The molecule has 0 amide bonds. The summed E-state index contributed by atoms with van der Waals surface area (Å²) < 4.78 is 1.94. The SMILES string of the molecule is CCCn1nncc1C(N)C1CC1(C)C. The molecule has 0 aliphatic heterocycles. The van der Waals surface area contributed by atoms with Gasteiger partial charge in [-0.15, -0.1) is 5.10 Å². The Morgan fingerprint density at radius 1 is 1.67 bits per heavy atom. The summed E-state index contributed by atoms with van der Waals surface area (Å²) in [5.74, 6) is 0.589. The smallest absolute Gasteiger partial charge is 0.0757 e. The van der Waals surface area contributed by atoms with Crippen LogP contribution in [0, 0.1) is 11.3 Å². The van der Waals surface area contributed by atoms with Crippen LogP contribution in [0.5, 0.6) is 0 Å². The lowest BCUT2D eigenvalue weighted by Crippen LogP contribution is -2.20. The van der Waals surface area contributed by atoms with Crippen molar-refractivity contribution in [1.29, 1.82) is 0 Å². The van der Waals surface area contributed by atoms with Crippen LogP contribution in [0.3, 0.4) is 0 Å². The molecule has 1 heterocycles. The van der Waals surface area contributed by atoms with Crippen LogP contribution in [0.15, 0.2) is 6.20 Å². The number of nitrogens with zero attached hydrogens (tertiary/aromatic N) is 3. The van der Waals surface area contributed by atoms with Crippen molar-refractivity contribution in [1.82, 2.24) is 15.0 Å². The van der Waals surface area contributed by atoms with Crippen molar-refractivity contribution in [2.45, 2.75) is 46.2 Å². The first kappa shape index (κ1) is 10.6. The van der Waals surface area contributed by atoms with Gasteiger partial charge in [0.2, 0.25) is 0 Å². The largest absolute Gasteiger partial charge is 0.322 e. The first-order valence-corrected chi connectivity index (χ1v) is 5.70. The number of aromatic nitrogens is 3. The fraction of sp³-hybridized carbons (Fsp3) is 0.818. The third-order valence-corrected chi connectivity index (χ3v) is 3.45. The lowest BCUT2D eigenvalue weighted by molar-refractivity contribution is 0.451. The van der Waals surface area contributed by atoms with Crippen molar-refractivity contribution in [3.05, 3.63) is 11.9 Å². The molecular weight excluding hydrogens is 188 g/mol. The maximum absolute atomic E-state index is 6.25. The second kappa shape index (κ2) is 3.59. The molecule has 2 rings (SSSR count). The molecule has 1 fully saturated rings. The Balaban J connectivity index is 2.12. The van der Waals surface area contributed by atoms with E-state index in [1.54, 1.807) is 0 Å². The van der Waals surface area contributed by atoms with Gasteiger partial charge in [0.15, 0.2) is 0 Å². The first-order valence-electron chi connectivity index (χ1n) is 5.70. The number of rotatable bonds is 4. The van der Waals surface area contributed by atoms with E-state index in [4.69, 9.17) is 5.73 Å². The number of hydrogen-bond acceptors (Lipinski definition) is 3. The third-order valence-electron chi connectivity index (χ3n) is 3.45. The summed E-state index contributed by atoms with van der Waals surface area (Å²) >= 11 is 0. The zero-order valence-corrected chi connectivity index (χ0v) is 9.77. The Morgan fingerprint density at radius 3 is 2.87 bits per heavy atom. The molecule has 2 N–H and O–H groups in total. The second-order valence-electron chi connectivity index (χ2n) is 5.21. The summed E-state index contributed by atoms with van der Waals surface area (Å²) in [6.45, 7) is 7.59. The number of nitrogens with two attached hydrogens (primary N) is 1. The van der Waals surface area contributed by atoms with Crippen LogP contribution in [0.4, 0.5) is 0 Å². The molecule has 0 saturated heterocycles. The molecular formula is C11H20N4. The van der Waals surface area contributed by atoms with Crippen molar-refractivity contribution in [2.24, 2.45) is 17.1 Å². The van der Waals surface area contributed by atoms with Crippen LogP contribution in [0.25, 0.3) is 0 Å². The fourth-order valence-corrected chi connectivity index (χ4v) is 2.24. The standard InChI is InChI=1S/C11H20N4/c1-4-5-15-9(7-13-14-15)10(12)8-6-11(8,2)3/h7-8,10H,4-6,12H2,1-3H3. The highest BCUT2D eigenvalue weighted by Crippen LogP contribution is 2.56. The number of aryl methyl sites for hydroxylation is 1. The average molecular weight is 208 g/mol. The Bertz CT molecular complexity index is 342. The molecule has 1 aliphatic rings. The van der Waals surface area contributed by atoms with E-state index in [0.717, 1.165) is 18.7 Å². The summed E-state index contributed by atoms with van der Waals surface area (Å²) in [6, 6.07) is 0.0987. The van der Waals surface area contributed by atoms with Crippen LogP contribution in [-0.2, 0) is 6.54 Å². The highest BCUT2D eigenvalue weighted by atomic mass is 15.4. The van der Waals surface area contributed by atoms with Crippen LogP contribution in [-0.4, -0.2) is 15.0 Å². The van der Waals surface area contributed by atoms with Gasteiger partial charge in [-0.05, 0) is 24.2 Å². The molecule has 84 valence electrons. The summed E-state index contributed by atoms with van der Waals surface area (Å²) in [6.07, 6.45) is 4.09. The Hall–Kier alpha value is -0.900. The summed E-state index contributed by atoms with van der Waals surface area (Å²) in [4.78, 5) is 0. The Labute approximate surface area is 90.8 Å². The van der Waals surface area contributed by atoms with E-state index in [9.17, 15) is 0 Å². The van der Waals surface area contributed by atoms with Gasteiger partial charge < -0.3 is 5.73 Å². The van der Waals surface area contributed by atoms with Crippen molar-refractivity contribution in [3.63, 3.8) is 0 Å². The topological polar surface area (TPSA) is 56.7 Å². The molecule has 15 heavy (non-hydrogen) atoms. The second-order valence-corrected chi connectivity index (χ2v) is 5.21. The van der Waals surface area contributed by atoms with E-state index in [1.807, 2.05) is 10.9 Å². The molecule has 0 bridgehead atoms. The van der Waals surface area contributed by atoms with Gasteiger partial charge in [-0.25, -0.2) is 4.68 Å². The highest BCUT2D eigenvalue weighted by Gasteiger charge is 2.50. The highest BCUT2D eigenvalue weighted by molar-refractivity contribution is 5.12. The molecule has 4 heteroatoms. The fourth-order valence-electron chi connectivity index (χ4n) is 2.24. The molecule has 1 saturated carbocycles. The van der Waals surface area contributed by atoms with E-state index in [2.05, 4.69) is 31.1 Å². The van der Waals surface area contributed by atoms with Crippen molar-refractivity contribution in [2.75, 3.05) is 0 Å². The number of hydrogen-bond donors (Lipinski definition) is 1. The zero-order chi connectivity index (χ0) is 11.1. The maximum atomic E-state index is 6.25. The van der Waals surface area contributed by atoms with Gasteiger partial charge in [-0.2, -0.15) is 0 Å². The van der Waals surface area contributed by atoms with Gasteiger partial charge in [0, 0.05) is 6.54 Å². The predicted molar refractivity (Wildman–Crippen MR) is 59.1 cm³/mol. The molecule has 0 radical (unpaired) electrons. The predicted octanol–water partition coefficient (Wildman–Crippen LogP) is 1.73.